The van der Waals surface area contributed by atoms with Crippen molar-refractivity contribution >= 4 is 27.5 Å². The average Bonchev–Trinajstić information content (AvgIpc) is 2.33. The van der Waals surface area contributed by atoms with E-state index in [0.717, 1.165) is 27.2 Å². The van der Waals surface area contributed by atoms with Gasteiger partial charge in [0.25, 0.3) is 0 Å². The summed E-state index contributed by atoms with van der Waals surface area (Å²) in [4.78, 5) is 0. The van der Waals surface area contributed by atoms with E-state index in [0.29, 0.717) is 5.92 Å². The van der Waals surface area contributed by atoms with Gasteiger partial charge in [-0.05, 0) is 52.9 Å². The highest BCUT2D eigenvalue weighted by Gasteiger charge is 2.26. The Morgan fingerprint density at radius 2 is 1.95 bits per heavy atom. The van der Waals surface area contributed by atoms with Crippen molar-refractivity contribution in [3.05, 3.63) is 27.2 Å². The number of rotatable bonds is 5. The number of hydrogen-bond donors (Lipinski definition) is 1. The molecular formula is C16H25BrClNO. The number of halogens is 2. The van der Waals surface area contributed by atoms with E-state index >= 15 is 0 Å². The highest BCUT2D eigenvalue weighted by molar-refractivity contribution is 9.10. The van der Waals surface area contributed by atoms with Crippen LogP contribution in [0.25, 0.3) is 0 Å². The van der Waals surface area contributed by atoms with Crippen LogP contribution in [0.5, 0.6) is 5.75 Å². The monoisotopic (exact) mass is 361 g/mol. The number of methoxy groups -OCH3 is 1. The second-order valence-electron chi connectivity index (χ2n) is 6.35. The first-order valence-corrected chi connectivity index (χ1v) is 8.08. The molecule has 0 amide bonds. The van der Waals surface area contributed by atoms with Gasteiger partial charge in [-0.1, -0.05) is 39.3 Å². The van der Waals surface area contributed by atoms with Gasteiger partial charge in [0.05, 0.1) is 11.6 Å². The molecule has 0 spiro atoms. The molecule has 0 bridgehead atoms. The minimum Gasteiger partial charge on any atom is -0.495 e. The number of ether oxygens (including phenoxy) is 1. The third kappa shape index (κ3) is 4.37. The second-order valence-corrected chi connectivity index (χ2v) is 7.64. The van der Waals surface area contributed by atoms with Crippen LogP contribution in [0.4, 0.5) is 0 Å². The van der Waals surface area contributed by atoms with Gasteiger partial charge in [-0.2, -0.15) is 0 Å². The molecule has 0 heterocycles. The number of nitrogens with one attached hydrogen (secondary N) is 1. The Morgan fingerprint density at radius 3 is 2.40 bits per heavy atom. The summed E-state index contributed by atoms with van der Waals surface area (Å²) in [6.45, 7) is 9.11. The van der Waals surface area contributed by atoms with Gasteiger partial charge < -0.3 is 10.1 Å². The molecule has 1 rings (SSSR count). The fourth-order valence-corrected chi connectivity index (χ4v) is 3.16. The Hall–Kier alpha value is -0.250. The summed E-state index contributed by atoms with van der Waals surface area (Å²) < 4.78 is 6.43. The Morgan fingerprint density at radius 1 is 1.35 bits per heavy atom. The van der Waals surface area contributed by atoms with E-state index < -0.39 is 0 Å². The van der Waals surface area contributed by atoms with E-state index in [9.17, 15) is 0 Å². The van der Waals surface area contributed by atoms with E-state index in [1.807, 2.05) is 19.2 Å². The lowest BCUT2D eigenvalue weighted by Gasteiger charge is -2.31. The maximum atomic E-state index is 6.19. The molecule has 2 unspecified atom stereocenters. The van der Waals surface area contributed by atoms with E-state index in [1.165, 1.54) is 0 Å². The summed E-state index contributed by atoms with van der Waals surface area (Å²) >= 11 is 9.72. The standard InChI is InChI=1S/C16H25BrClNO/c1-10(16(2,3)4)7-14(19-5)12-8-11(18)9-13(17)15(12)20-6/h8-10,14,19H,7H2,1-6H3. The number of hydrogen-bond acceptors (Lipinski definition) is 2. The molecule has 20 heavy (non-hydrogen) atoms. The Labute approximate surface area is 136 Å². The zero-order valence-corrected chi connectivity index (χ0v) is 15.5. The predicted octanol–water partition coefficient (Wildman–Crippen LogP) is 5.44. The summed E-state index contributed by atoms with van der Waals surface area (Å²) in [6, 6.07) is 4.07. The van der Waals surface area contributed by atoms with E-state index in [4.69, 9.17) is 16.3 Å². The highest BCUT2D eigenvalue weighted by Crippen LogP contribution is 2.40. The van der Waals surface area contributed by atoms with Crippen molar-refractivity contribution in [2.75, 3.05) is 14.2 Å². The van der Waals surface area contributed by atoms with Gasteiger partial charge in [-0.15, -0.1) is 0 Å². The van der Waals surface area contributed by atoms with E-state index in [1.54, 1.807) is 7.11 Å². The third-order valence-corrected chi connectivity index (χ3v) is 4.84. The lowest BCUT2D eigenvalue weighted by Crippen LogP contribution is -2.25. The van der Waals surface area contributed by atoms with Gasteiger partial charge in [0.2, 0.25) is 0 Å². The molecule has 1 aromatic rings. The minimum atomic E-state index is 0.217. The van der Waals surface area contributed by atoms with Crippen LogP contribution >= 0.6 is 27.5 Å². The molecule has 2 nitrogen and oxygen atoms in total. The summed E-state index contributed by atoms with van der Waals surface area (Å²) in [7, 11) is 3.67. The second kappa shape index (κ2) is 7.15. The molecule has 0 saturated carbocycles. The summed E-state index contributed by atoms with van der Waals surface area (Å²) in [6.07, 6.45) is 1.03. The molecule has 0 aliphatic heterocycles. The molecule has 1 N–H and O–H groups in total. The first kappa shape index (κ1) is 17.8. The number of benzene rings is 1. The van der Waals surface area contributed by atoms with Crippen LogP contribution in [0.15, 0.2) is 16.6 Å². The molecule has 0 aromatic heterocycles. The summed E-state index contributed by atoms with van der Waals surface area (Å²) in [5.41, 5.74) is 1.38. The van der Waals surface area contributed by atoms with Crippen molar-refractivity contribution in [2.24, 2.45) is 11.3 Å². The fraction of sp³-hybridized carbons (Fsp3) is 0.625. The van der Waals surface area contributed by atoms with Crippen LogP contribution in [0.1, 0.15) is 45.7 Å². The first-order valence-electron chi connectivity index (χ1n) is 6.90. The molecule has 0 radical (unpaired) electrons. The van der Waals surface area contributed by atoms with Gasteiger partial charge in [0.1, 0.15) is 5.75 Å². The third-order valence-electron chi connectivity index (χ3n) is 4.03. The van der Waals surface area contributed by atoms with E-state index in [2.05, 4.69) is 48.9 Å². The van der Waals surface area contributed by atoms with Crippen molar-refractivity contribution in [1.29, 1.82) is 0 Å². The summed E-state index contributed by atoms with van der Waals surface area (Å²) in [5.74, 6) is 1.43. The van der Waals surface area contributed by atoms with Crippen molar-refractivity contribution in [2.45, 2.75) is 40.2 Å². The molecule has 0 aliphatic rings. The van der Waals surface area contributed by atoms with Crippen LogP contribution in [-0.4, -0.2) is 14.2 Å². The largest absolute Gasteiger partial charge is 0.495 e. The molecule has 0 aliphatic carbocycles. The topological polar surface area (TPSA) is 21.3 Å². The van der Waals surface area contributed by atoms with Crippen molar-refractivity contribution in [1.82, 2.24) is 5.32 Å². The van der Waals surface area contributed by atoms with Gasteiger partial charge in [-0.25, -0.2) is 0 Å². The van der Waals surface area contributed by atoms with Gasteiger partial charge >= 0.3 is 0 Å². The summed E-state index contributed by atoms with van der Waals surface area (Å²) in [5, 5.41) is 4.11. The predicted molar refractivity (Wildman–Crippen MR) is 90.7 cm³/mol. The Balaban J connectivity index is 3.12. The maximum Gasteiger partial charge on any atom is 0.137 e. The zero-order chi connectivity index (χ0) is 15.5. The van der Waals surface area contributed by atoms with Crippen LogP contribution in [0.3, 0.4) is 0 Å². The van der Waals surface area contributed by atoms with E-state index in [-0.39, 0.29) is 11.5 Å². The molecule has 1 aromatic carbocycles. The minimum absolute atomic E-state index is 0.217. The van der Waals surface area contributed by atoms with Crippen LogP contribution < -0.4 is 10.1 Å². The quantitative estimate of drug-likeness (QED) is 0.752. The normalized spacial score (nSPS) is 15.0. The molecule has 114 valence electrons. The molecule has 2 atom stereocenters. The van der Waals surface area contributed by atoms with Gasteiger partial charge in [0, 0.05) is 16.6 Å². The van der Waals surface area contributed by atoms with Crippen molar-refractivity contribution < 1.29 is 4.74 Å². The Bertz CT molecular complexity index is 457. The van der Waals surface area contributed by atoms with Crippen LogP contribution in [0, 0.1) is 11.3 Å². The lowest BCUT2D eigenvalue weighted by molar-refractivity contribution is 0.224. The van der Waals surface area contributed by atoms with Crippen LogP contribution in [0.2, 0.25) is 5.02 Å². The van der Waals surface area contributed by atoms with Crippen LogP contribution in [-0.2, 0) is 0 Å². The molecule has 4 heteroatoms. The highest BCUT2D eigenvalue weighted by atomic mass is 79.9. The smallest absolute Gasteiger partial charge is 0.137 e. The van der Waals surface area contributed by atoms with Gasteiger partial charge in [-0.3, -0.25) is 0 Å². The van der Waals surface area contributed by atoms with Crippen molar-refractivity contribution in [3.63, 3.8) is 0 Å². The van der Waals surface area contributed by atoms with Crippen molar-refractivity contribution in [3.8, 4) is 5.75 Å². The average molecular weight is 363 g/mol. The molecule has 0 saturated heterocycles. The Kier molecular flexibility index (Phi) is 6.36. The fourth-order valence-electron chi connectivity index (χ4n) is 2.16. The SMILES string of the molecule is CNC(CC(C)C(C)(C)C)c1cc(Cl)cc(Br)c1OC. The molecule has 0 fully saturated rings. The first-order chi connectivity index (χ1) is 9.20. The lowest BCUT2D eigenvalue weighted by atomic mass is 9.77. The zero-order valence-electron chi connectivity index (χ0n) is 13.2. The van der Waals surface area contributed by atoms with Gasteiger partial charge in [0.15, 0.2) is 0 Å². The maximum absolute atomic E-state index is 6.19. The molecular weight excluding hydrogens is 338 g/mol.